The van der Waals surface area contributed by atoms with E-state index in [-0.39, 0.29) is 32.3 Å². The van der Waals surface area contributed by atoms with E-state index in [2.05, 4.69) is 26.2 Å². The number of rotatable bonds is 10. The van der Waals surface area contributed by atoms with Crippen LogP contribution in [-0.2, 0) is 16.0 Å². The van der Waals surface area contributed by atoms with Crippen LogP contribution in [-0.4, -0.2) is 65.0 Å². The van der Waals surface area contributed by atoms with E-state index in [1.165, 1.54) is 0 Å². The van der Waals surface area contributed by atoms with Crippen molar-refractivity contribution in [2.75, 3.05) is 20.2 Å². The lowest BCUT2D eigenvalue weighted by Crippen LogP contribution is -2.38. The Kier molecular flexibility index (Phi) is 8.97. The lowest BCUT2D eigenvalue weighted by atomic mass is 9.88. The smallest absolute Gasteiger partial charge is 0.304 e. The van der Waals surface area contributed by atoms with Gasteiger partial charge in [0.2, 0.25) is 11.8 Å². The van der Waals surface area contributed by atoms with Crippen molar-refractivity contribution in [2.45, 2.75) is 25.8 Å². The van der Waals surface area contributed by atoms with Gasteiger partial charge in [0.1, 0.15) is 17.6 Å². The molecule has 0 aliphatic carbocycles. The molecule has 0 bridgehead atoms. The second-order valence-corrected chi connectivity index (χ2v) is 12.0. The number of hydrogen-bond acceptors (Lipinski definition) is 8. The average Bonchev–Trinajstić information content (AvgIpc) is 3.61. The zero-order valence-electron chi connectivity index (χ0n) is 24.7. The molecule has 1 aliphatic heterocycles. The number of carbonyl (C=O) groups is 2. The molecule has 6 rings (SSSR count). The van der Waals surface area contributed by atoms with E-state index >= 15 is 0 Å². The first kappa shape index (κ1) is 30.5. The summed E-state index contributed by atoms with van der Waals surface area (Å²) in [6.45, 7) is 2.13. The number of benzene rings is 3. The number of aliphatic imine (C=N–C) groups is 1. The minimum Gasteiger partial charge on any atom is -0.497 e. The van der Waals surface area contributed by atoms with E-state index in [0.29, 0.717) is 41.1 Å². The van der Waals surface area contributed by atoms with Crippen LogP contribution in [0.4, 0.5) is 0 Å². The third-order valence-electron chi connectivity index (χ3n) is 7.69. The Morgan fingerprint density at radius 2 is 1.89 bits per heavy atom. The van der Waals surface area contributed by atoms with Gasteiger partial charge in [0.15, 0.2) is 5.82 Å². The summed E-state index contributed by atoms with van der Waals surface area (Å²) in [6.07, 6.45) is 0.618. The quantitative estimate of drug-likeness (QED) is 0.201. The van der Waals surface area contributed by atoms with Crippen molar-refractivity contribution in [3.05, 3.63) is 99.4 Å². The maximum atomic E-state index is 13.2. The van der Waals surface area contributed by atoms with Crippen molar-refractivity contribution in [2.24, 2.45) is 4.99 Å². The van der Waals surface area contributed by atoms with Gasteiger partial charge >= 0.3 is 7.48 Å². The number of methoxy groups -OCH3 is 1. The lowest BCUT2D eigenvalue weighted by molar-refractivity contribution is -0.126. The molecule has 0 saturated carbocycles. The molecule has 10 nitrogen and oxygen atoms in total. The van der Waals surface area contributed by atoms with Gasteiger partial charge < -0.3 is 20.4 Å². The Bertz CT molecular complexity index is 1920. The van der Waals surface area contributed by atoms with Crippen molar-refractivity contribution in [3.63, 3.8) is 0 Å². The number of amides is 2. The molecule has 0 fully saturated rings. The van der Waals surface area contributed by atoms with E-state index in [0.717, 1.165) is 37.9 Å². The molecule has 1 atom stereocenters. The van der Waals surface area contributed by atoms with Crippen LogP contribution in [0, 0.1) is 6.92 Å². The first-order valence-corrected chi connectivity index (χ1v) is 15.7. The second kappa shape index (κ2) is 13.2. The first-order chi connectivity index (χ1) is 21.8. The van der Waals surface area contributed by atoms with Gasteiger partial charge in [-0.3, -0.25) is 19.1 Å². The minimum absolute atomic E-state index is 0.00419. The molecule has 3 N–H and O–H groups in total. The van der Waals surface area contributed by atoms with Gasteiger partial charge in [0, 0.05) is 27.4 Å². The normalized spacial score (nSPS) is 13.8. The number of aryl methyl sites for hydroxylation is 1. The van der Waals surface area contributed by atoms with E-state index in [1.807, 2.05) is 60.0 Å². The molecule has 0 spiro atoms. The lowest BCUT2D eigenvalue weighted by Gasteiger charge is -2.14. The van der Waals surface area contributed by atoms with Gasteiger partial charge in [-0.15, -0.1) is 21.5 Å². The maximum Gasteiger partial charge on any atom is 0.304 e. The van der Waals surface area contributed by atoms with Crippen LogP contribution in [0.5, 0.6) is 5.75 Å². The predicted octanol–water partition coefficient (Wildman–Crippen LogP) is 3.18. The fourth-order valence-corrected chi connectivity index (χ4v) is 6.61. The van der Waals surface area contributed by atoms with Crippen molar-refractivity contribution in [1.82, 2.24) is 25.4 Å². The Labute approximate surface area is 269 Å². The molecule has 0 radical (unpaired) electrons. The highest BCUT2D eigenvalue weighted by Crippen LogP contribution is 2.34. The van der Waals surface area contributed by atoms with Crippen LogP contribution in [0.15, 0.2) is 71.0 Å². The summed E-state index contributed by atoms with van der Waals surface area (Å²) in [5.74, 6) is 1.22. The fraction of sp³-hybridized carbons (Fsp3) is 0.219. The van der Waals surface area contributed by atoms with E-state index in [1.54, 1.807) is 30.6 Å². The zero-order valence-corrected chi connectivity index (χ0v) is 26.3. The number of halogens is 1. The van der Waals surface area contributed by atoms with Crippen molar-refractivity contribution < 1.29 is 19.3 Å². The number of nitrogens with zero attached hydrogens (tertiary/aromatic N) is 4. The fourth-order valence-electron chi connectivity index (χ4n) is 5.42. The highest BCUT2D eigenvalue weighted by molar-refractivity contribution is 7.17. The molecule has 228 valence electrons. The minimum atomic E-state index is -0.670. The van der Waals surface area contributed by atoms with Gasteiger partial charge in [-0.2, -0.15) is 0 Å². The first-order valence-electron chi connectivity index (χ1n) is 14.4. The Balaban J connectivity index is 1.15. The molecular formula is C32H30BClN6O4S. The van der Waals surface area contributed by atoms with E-state index in [9.17, 15) is 14.6 Å². The standard InChI is InChI=1S/C32H30BClN6O4S/c1-18-38-39-32-26(37-31(19-3-6-22(34)7-4-19)25-14-23(44-2)8-10-27(25)40(18)32)15-29(41)36-16-30(42)35-12-11-20-17-45-28-13-21(33-43)5-9-24(20)28/h3-10,13-14,17,26,33,43H,11-12,15-16H2,1-2H3,(H,35,42)(H,36,41)/t26-/m0/s1. The molecule has 3 aromatic carbocycles. The average molecular weight is 641 g/mol. The maximum absolute atomic E-state index is 13.2. The number of carbonyl (C=O) groups excluding carboxylic acids is 2. The van der Waals surface area contributed by atoms with Crippen LogP contribution in [0.2, 0.25) is 5.02 Å². The molecule has 13 heteroatoms. The molecule has 2 amide bonds. The third-order valence-corrected chi connectivity index (χ3v) is 8.94. The van der Waals surface area contributed by atoms with Crippen molar-refractivity contribution in [3.8, 4) is 11.4 Å². The molecule has 2 aromatic heterocycles. The molecule has 5 aromatic rings. The summed E-state index contributed by atoms with van der Waals surface area (Å²) < 4.78 is 8.53. The summed E-state index contributed by atoms with van der Waals surface area (Å²) in [7, 11) is 1.61. The van der Waals surface area contributed by atoms with Crippen LogP contribution in [0.1, 0.15) is 40.8 Å². The predicted molar refractivity (Wildman–Crippen MR) is 178 cm³/mol. The molecule has 0 saturated heterocycles. The number of ether oxygens (including phenoxy) is 1. The number of hydrogen-bond donors (Lipinski definition) is 3. The number of thiophene rings is 1. The van der Waals surface area contributed by atoms with Gasteiger partial charge in [-0.25, -0.2) is 0 Å². The second-order valence-electron chi connectivity index (χ2n) is 10.7. The Morgan fingerprint density at radius 3 is 2.67 bits per heavy atom. The summed E-state index contributed by atoms with van der Waals surface area (Å²) in [5, 5.41) is 27.5. The Morgan fingerprint density at radius 1 is 1.07 bits per heavy atom. The van der Waals surface area contributed by atoms with Crippen molar-refractivity contribution in [1.29, 1.82) is 0 Å². The van der Waals surface area contributed by atoms with Crippen LogP contribution < -0.4 is 20.8 Å². The largest absolute Gasteiger partial charge is 0.497 e. The van der Waals surface area contributed by atoms with Gasteiger partial charge in [0.05, 0.1) is 31.5 Å². The SMILES string of the molecule is COc1ccc2c(c1)C(c1ccc(Cl)cc1)=N[C@@H](CC(=O)NCC(=O)NCCc1csc3cc(BO)ccc13)c1nnc(C)n1-2. The summed E-state index contributed by atoms with van der Waals surface area (Å²) in [5.41, 5.74) is 5.10. The van der Waals surface area contributed by atoms with Crippen molar-refractivity contribution >= 4 is 63.5 Å². The highest BCUT2D eigenvalue weighted by atomic mass is 35.5. The van der Waals surface area contributed by atoms with E-state index in [4.69, 9.17) is 21.3 Å². The van der Waals surface area contributed by atoms with Gasteiger partial charge in [-0.05, 0) is 66.1 Å². The summed E-state index contributed by atoms with van der Waals surface area (Å²) in [4.78, 5) is 30.9. The van der Waals surface area contributed by atoms with E-state index < -0.39 is 6.04 Å². The monoisotopic (exact) mass is 640 g/mol. The highest BCUT2D eigenvalue weighted by Gasteiger charge is 2.30. The van der Waals surface area contributed by atoms with Crippen LogP contribution in [0.3, 0.4) is 0 Å². The summed E-state index contributed by atoms with van der Waals surface area (Å²) in [6, 6.07) is 18.3. The molecule has 45 heavy (non-hydrogen) atoms. The zero-order chi connectivity index (χ0) is 31.5. The number of nitrogens with one attached hydrogen (secondary N) is 2. The molecule has 0 unspecified atom stereocenters. The Hall–Kier alpha value is -4.52. The third kappa shape index (κ3) is 6.49. The van der Waals surface area contributed by atoms with Gasteiger partial charge in [0.25, 0.3) is 0 Å². The molecule has 3 heterocycles. The molecular weight excluding hydrogens is 611 g/mol. The van der Waals surface area contributed by atoms with Crippen LogP contribution in [0.25, 0.3) is 15.8 Å². The topological polar surface area (TPSA) is 131 Å². The summed E-state index contributed by atoms with van der Waals surface area (Å²) >= 11 is 7.79. The van der Waals surface area contributed by atoms with Gasteiger partial charge in [-0.1, -0.05) is 41.3 Å². The molecule has 1 aliphatic rings. The van der Waals surface area contributed by atoms with Crippen LogP contribution >= 0.6 is 22.9 Å². The number of aromatic nitrogens is 3. The number of fused-ring (bicyclic) bond motifs is 4.